The summed E-state index contributed by atoms with van der Waals surface area (Å²) in [5, 5.41) is 13.6. The van der Waals surface area contributed by atoms with Crippen molar-refractivity contribution in [3.8, 4) is 6.07 Å². The molecule has 2 heterocycles. The number of hydrogen-bond acceptors (Lipinski definition) is 4. The largest absolute Gasteiger partial charge is 0.339 e. The molecule has 1 aliphatic heterocycles. The molecule has 0 spiro atoms. The maximum Gasteiger partial charge on any atom is 0.223 e. The lowest BCUT2D eigenvalue weighted by atomic mass is 10.1. The molecule has 1 amide bonds. The summed E-state index contributed by atoms with van der Waals surface area (Å²) in [6.07, 6.45) is 1.30. The van der Waals surface area contributed by atoms with E-state index in [2.05, 4.69) is 34.5 Å². The fourth-order valence-corrected chi connectivity index (χ4v) is 3.72. The fourth-order valence-electron chi connectivity index (χ4n) is 3.02. The Morgan fingerprint density at radius 3 is 2.75 bits per heavy atom. The van der Waals surface area contributed by atoms with Crippen molar-refractivity contribution in [3.05, 3.63) is 58.3 Å². The number of benzene rings is 1. The maximum absolute atomic E-state index is 12.4. The molecule has 0 N–H and O–H groups in total. The molecule has 0 saturated carbocycles. The van der Waals surface area contributed by atoms with E-state index in [4.69, 9.17) is 0 Å². The number of hydrogen-bond donors (Lipinski definition) is 0. The van der Waals surface area contributed by atoms with Gasteiger partial charge in [-0.1, -0.05) is 30.3 Å². The number of rotatable bonds is 5. The van der Waals surface area contributed by atoms with Crippen LogP contribution < -0.4 is 0 Å². The van der Waals surface area contributed by atoms with Gasteiger partial charge in [0.05, 0.1) is 6.07 Å². The van der Waals surface area contributed by atoms with Crippen molar-refractivity contribution < 1.29 is 4.79 Å². The van der Waals surface area contributed by atoms with E-state index in [1.54, 1.807) is 11.3 Å². The lowest BCUT2D eigenvalue weighted by Crippen LogP contribution is -2.53. The first-order valence-electron chi connectivity index (χ1n) is 8.22. The van der Waals surface area contributed by atoms with Crippen molar-refractivity contribution in [1.29, 1.82) is 5.26 Å². The second-order valence-electron chi connectivity index (χ2n) is 6.07. The molecule has 124 valence electrons. The summed E-state index contributed by atoms with van der Waals surface area (Å²) in [5.74, 6) is 0.154. The van der Waals surface area contributed by atoms with Crippen LogP contribution in [0.2, 0.25) is 0 Å². The Hall–Kier alpha value is -2.16. The highest BCUT2D eigenvalue weighted by Crippen LogP contribution is 2.16. The van der Waals surface area contributed by atoms with Gasteiger partial charge in [0.25, 0.3) is 0 Å². The van der Waals surface area contributed by atoms with Crippen LogP contribution in [0, 0.1) is 11.3 Å². The third kappa shape index (κ3) is 4.22. The standard InChI is InChI=1S/C19H21N3OS/c20-12-18-14-22(19(23)7-6-17-8-11-24-15-17)10-9-21(18)13-16-4-2-1-3-5-16/h1-5,8,11,15,18H,6-7,9-10,13-14H2/t18-/m0/s1. The molecule has 5 heteroatoms. The van der Waals surface area contributed by atoms with Crippen LogP contribution in [-0.4, -0.2) is 41.4 Å². The Kier molecular flexibility index (Phi) is 5.63. The van der Waals surface area contributed by atoms with Crippen LogP contribution in [0.3, 0.4) is 0 Å². The molecular formula is C19H21N3OS. The number of thiophene rings is 1. The average Bonchev–Trinajstić information content (AvgIpc) is 3.14. The van der Waals surface area contributed by atoms with Crippen molar-refractivity contribution in [1.82, 2.24) is 9.80 Å². The van der Waals surface area contributed by atoms with Gasteiger partial charge >= 0.3 is 0 Å². The second-order valence-corrected chi connectivity index (χ2v) is 6.85. The number of nitrogens with zero attached hydrogens (tertiary/aromatic N) is 3. The zero-order chi connectivity index (χ0) is 16.8. The summed E-state index contributed by atoms with van der Waals surface area (Å²) >= 11 is 1.66. The van der Waals surface area contributed by atoms with Crippen LogP contribution in [0.4, 0.5) is 0 Å². The molecule has 1 aromatic heterocycles. The normalized spacial score (nSPS) is 18.3. The zero-order valence-corrected chi connectivity index (χ0v) is 14.4. The van der Waals surface area contributed by atoms with E-state index in [0.717, 1.165) is 19.5 Å². The topological polar surface area (TPSA) is 47.3 Å². The van der Waals surface area contributed by atoms with Crippen LogP contribution in [-0.2, 0) is 17.8 Å². The highest BCUT2D eigenvalue weighted by molar-refractivity contribution is 7.07. The number of piperazine rings is 1. The molecule has 2 aromatic rings. The summed E-state index contributed by atoms with van der Waals surface area (Å²) in [6.45, 7) is 2.71. The Morgan fingerprint density at radius 2 is 2.04 bits per heavy atom. The van der Waals surface area contributed by atoms with E-state index in [1.807, 2.05) is 28.5 Å². The molecule has 1 aliphatic rings. The van der Waals surface area contributed by atoms with Crippen molar-refractivity contribution >= 4 is 17.2 Å². The van der Waals surface area contributed by atoms with Crippen molar-refractivity contribution in [2.45, 2.75) is 25.4 Å². The minimum Gasteiger partial charge on any atom is -0.339 e. The van der Waals surface area contributed by atoms with Crippen LogP contribution in [0.25, 0.3) is 0 Å². The van der Waals surface area contributed by atoms with Crippen LogP contribution in [0.15, 0.2) is 47.2 Å². The fraction of sp³-hybridized carbons (Fsp3) is 0.368. The van der Waals surface area contributed by atoms with Gasteiger partial charge < -0.3 is 4.90 Å². The van der Waals surface area contributed by atoms with Gasteiger partial charge in [0.1, 0.15) is 6.04 Å². The van der Waals surface area contributed by atoms with Gasteiger partial charge in [0, 0.05) is 32.6 Å². The highest BCUT2D eigenvalue weighted by atomic mass is 32.1. The van der Waals surface area contributed by atoms with E-state index in [9.17, 15) is 10.1 Å². The summed E-state index contributed by atoms with van der Waals surface area (Å²) in [7, 11) is 0. The predicted molar refractivity (Wildman–Crippen MR) is 95.5 cm³/mol. The van der Waals surface area contributed by atoms with E-state index in [0.29, 0.717) is 19.5 Å². The minimum atomic E-state index is -0.232. The molecular weight excluding hydrogens is 318 g/mol. The van der Waals surface area contributed by atoms with E-state index in [-0.39, 0.29) is 11.9 Å². The molecule has 0 unspecified atom stereocenters. The summed E-state index contributed by atoms with van der Waals surface area (Å²) in [6, 6.07) is 14.4. The molecule has 3 rings (SSSR count). The zero-order valence-electron chi connectivity index (χ0n) is 13.6. The van der Waals surface area contributed by atoms with Crippen molar-refractivity contribution in [2.24, 2.45) is 0 Å². The predicted octanol–water partition coefficient (Wildman–Crippen LogP) is 2.92. The molecule has 1 aromatic carbocycles. The van der Waals surface area contributed by atoms with Gasteiger partial charge in [-0.2, -0.15) is 16.6 Å². The summed E-state index contributed by atoms with van der Waals surface area (Å²) in [5.41, 5.74) is 2.42. The number of aryl methyl sites for hydroxylation is 1. The lowest BCUT2D eigenvalue weighted by molar-refractivity contribution is -0.133. The first-order chi connectivity index (χ1) is 11.8. The average molecular weight is 339 g/mol. The molecule has 0 radical (unpaired) electrons. The first kappa shape index (κ1) is 16.7. The lowest BCUT2D eigenvalue weighted by Gasteiger charge is -2.38. The molecule has 0 aliphatic carbocycles. The van der Waals surface area contributed by atoms with Crippen LogP contribution in [0.5, 0.6) is 0 Å². The molecule has 0 bridgehead atoms. The number of carbonyl (C=O) groups is 1. The summed E-state index contributed by atoms with van der Waals surface area (Å²) in [4.78, 5) is 16.4. The monoisotopic (exact) mass is 339 g/mol. The highest BCUT2D eigenvalue weighted by Gasteiger charge is 2.29. The van der Waals surface area contributed by atoms with Gasteiger partial charge in [-0.3, -0.25) is 9.69 Å². The first-order valence-corrected chi connectivity index (χ1v) is 9.17. The number of carbonyl (C=O) groups excluding carboxylic acids is 1. The SMILES string of the molecule is N#C[C@H]1CN(C(=O)CCc2ccsc2)CCN1Cc1ccccc1. The summed E-state index contributed by atoms with van der Waals surface area (Å²) < 4.78 is 0. The van der Waals surface area contributed by atoms with Crippen molar-refractivity contribution in [2.75, 3.05) is 19.6 Å². The Morgan fingerprint density at radius 1 is 1.21 bits per heavy atom. The smallest absolute Gasteiger partial charge is 0.223 e. The molecule has 1 saturated heterocycles. The van der Waals surface area contributed by atoms with E-state index in [1.165, 1.54) is 11.1 Å². The van der Waals surface area contributed by atoms with E-state index < -0.39 is 0 Å². The Bertz CT molecular complexity index is 693. The van der Waals surface area contributed by atoms with Gasteiger partial charge in [-0.25, -0.2) is 0 Å². The minimum absolute atomic E-state index is 0.154. The Balaban J connectivity index is 1.54. The quantitative estimate of drug-likeness (QED) is 0.841. The third-order valence-corrected chi connectivity index (χ3v) is 5.16. The van der Waals surface area contributed by atoms with Crippen LogP contribution in [0.1, 0.15) is 17.5 Å². The second kappa shape index (κ2) is 8.09. The van der Waals surface area contributed by atoms with Crippen LogP contribution >= 0.6 is 11.3 Å². The van der Waals surface area contributed by atoms with Crippen molar-refractivity contribution in [3.63, 3.8) is 0 Å². The maximum atomic E-state index is 12.4. The molecule has 4 nitrogen and oxygen atoms in total. The van der Waals surface area contributed by atoms with Gasteiger partial charge in [0.15, 0.2) is 0 Å². The molecule has 24 heavy (non-hydrogen) atoms. The van der Waals surface area contributed by atoms with Gasteiger partial charge in [-0.15, -0.1) is 0 Å². The third-order valence-electron chi connectivity index (χ3n) is 4.43. The van der Waals surface area contributed by atoms with Gasteiger partial charge in [0.2, 0.25) is 5.91 Å². The molecule has 1 fully saturated rings. The Labute approximate surface area is 146 Å². The number of amides is 1. The number of nitriles is 1. The van der Waals surface area contributed by atoms with Gasteiger partial charge in [-0.05, 0) is 34.4 Å². The molecule has 1 atom stereocenters. The van der Waals surface area contributed by atoms with E-state index >= 15 is 0 Å².